The number of benzene rings is 1. The Labute approximate surface area is 179 Å². The lowest BCUT2D eigenvalue weighted by atomic mass is 9.90. The van der Waals surface area contributed by atoms with Gasteiger partial charge in [-0.15, -0.1) is 0 Å². The molecule has 0 aliphatic carbocycles. The van der Waals surface area contributed by atoms with E-state index in [1.165, 1.54) is 12.1 Å². The van der Waals surface area contributed by atoms with E-state index in [2.05, 4.69) is 0 Å². The monoisotopic (exact) mass is 440 g/mol. The van der Waals surface area contributed by atoms with Gasteiger partial charge in [-0.05, 0) is 48.4 Å². The molecule has 8 heteroatoms. The van der Waals surface area contributed by atoms with Crippen LogP contribution in [0.1, 0.15) is 40.0 Å². The maximum atomic E-state index is 12.8. The number of piperidine rings is 1. The molecular formula is C22H33FN2O4S. The summed E-state index contributed by atoms with van der Waals surface area (Å²) in [5.41, 5.74) is 5.64. The molecule has 0 atom stereocenters. The van der Waals surface area contributed by atoms with Gasteiger partial charge >= 0.3 is 0 Å². The van der Waals surface area contributed by atoms with Gasteiger partial charge in [0.1, 0.15) is 12.4 Å². The molecule has 1 aliphatic heterocycles. The van der Waals surface area contributed by atoms with Crippen LogP contribution >= 0.6 is 0 Å². The first-order valence-corrected chi connectivity index (χ1v) is 11.9. The van der Waals surface area contributed by atoms with Crippen LogP contribution in [0.4, 0.5) is 4.39 Å². The Morgan fingerprint density at radius 2 is 1.83 bits per heavy atom. The summed E-state index contributed by atoms with van der Waals surface area (Å²) in [4.78, 5) is 14.4. The third kappa shape index (κ3) is 7.40. The number of rotatable bonds is 8. The van der Waals surface area contributed by atoms with Crippen LogP contribution in [-0.4, -0.2) is 51.2 Å². The second kappa shape index (κ2) is 10.4. The summed E-state index contributed by atoms with van der Waals surface area (Å²) in [5, 5.41) is 0. The van der Waals surface area contributed by atoms with Crippen LogP contribution in [-0.2, 0) is 14.6 Å². The quantitative estimate of drug-likeness (QED) is 0.670. The van der Waals surface area contributed by atoms with Crippen molar-refractivity contribution in [1.29, 1.82) is 0 Å². The number of carbonyl (C=O) groups is 1. The van der Waals surface area contributed by atoms with Crippen molar-refractivity contribution >= 4 is 15.7 Å². The zero-order valence-electron chi connectivity index (χ0n) is 18.1. The number of hydrogen-bond donors (Lipinski definition) is 1. The largest absolute Gasteiger partial charge is 0.489 e. The number of ether oxygens (including phenoxy) is 1. The highest BCUT2D eigenvalue weighted by molar-refractivity contribution is 7.91. The zero-order chi connectivity index (χ0) is 22.4. The highest BCUT2D eigenvalue weighted by Gasteiger charge is 2.29. The van der Waals surface area contributed by atoms with Gasteiger partial charge in [-0.1, -0.05) is 20.8 Å². The van der Waals surface area contributed by atoms with E-state index in [4.69, 9.17) is 10.5 Å². The predicted octanol–water partition coefficient (Wildman–Crippen LogP) is 3.33. The number of amides is 1. The molecule has 0 aromatic heterocycles. The Bertz CT molecular complexity index is 837. The zero-order valence-corrected chi connectivity index (χ0v) is 18.9. The first-order chi connectivity index (χ1) is 14.0. The van der Waals surface area contributed by atoms with Gasteiger partial charge in [0, 0.05) is 31.6 Å². The summed E-state index contributed by atoms with van der Waals surface area (Å²) in [6, 6.07) is 6.14. The molecule has 0 spiro atoms. The van der Waals surface area contributed by atoms with Crippen molar-refractivity contribution in [1.82, 2.24) is 4.90 Å². The van der Waals surface area contributed by atoms with Gasteiger partial charge in [-0.25, -0.2) is 12.8 Å². The van der Waals surface area contributed by atoms with E-state index in [0.29, 0.717) is 50.0 Å². The van der Waals surface area contributed by atoms with E-state index in [1.807, 2.05) is 25.7 Å². The highest BCUT2D eigenvalue weighted by atomic mass is 32.2. The lowest BCUT2D eigenvalue weighted by Gasteiger charge is -2.33. The third-order valence-electron chi connectivity index (χ3n) is 5.13. The highest BCUT2D eigenvalue weighted by Crippen LogP contribution is 2.26. The Morgan fingerprint density at radius 1 is 1.23 bits per heavy atom. The van der Waals surface area contributed by atoms with Crippen molar-refractivity contribution in [2.75, 3.05) is 32.0 Å². The molecule has 2 N–H and O–H groups in total. The minimum absolute atomic E-state index is 0.0194. The Balaban J connectivity index is 1.89. The molecule has 6 nitrogen and oxygen atoms in total. The molecule has 0 radical (unpaired) electrons. The van der Waals surface area contributed by atoms with Crippen LogP contribution in [0.3, 0.4) is 0 Å². The van der Waals surface area contributed by atoms with E-state index in [0.717, 1.165) is 0 Å². The van der Waals surface area contributed by atoms with Crippen LogP contribution in [0.5, 0.6) is 5.75 Å². The molecule has 1 amide bonds. The van der Waals surface area contributed by atoms with Crippen molar-refractivity contribution in [2.24, 2.45) is 17.1 Å². The number of likely N-dealkylation sites (tertiary alicyclic amines) is 1. The number of hydrogen-bond acceptors (Lipinski definition) is 5. The summed E-state index contributed by atoms with van der Waals surface area (Å²) in [6.45, 7) is 7.40. The second-order valence-corrected chi connectivity index (χ2v) is 11.1. The minimum Gasteiger partial charge on any atom is -0.489 e. The molecule has 1 fully saturated rings. The summed E-state index contributed by atoms with van der Waals surface area (Å²) < 4.78 is 43.5. The van der Waals surface area contributed by atoms with Crippen molar-refractivity contribution in [3.63, 3.8) is 0 Å². The lowest BCUT2D eigenvalue weighted by Crippen LogP contribution is -2.41. The summed E-state index contributed by atoms with van der Waals surface area (Å²) in [5.74, 6) is 0.690. The van der Waals surface area contributed by atoms with Gasteiger partial charge < -0.3 is 15.4 Å². The van der Waals surface area contributed by atoms with Crippen molar-refractivity contribution in [3.05, 3.63) is 36.2 Å². The minimum atomic E-state index is -3.43. The van der Waals surface area contributed by atoms with Crippen LogP contribution < -0.4 is 10.5 Å². The first-order valence-electron chi connectivity index (χ1n) is 10.3. The van der Waals surface area contributed by atoms with E-state index in [1.54, 1.807) is 12.1 Å². The molecule has 1 aromatic rings. The standard InChI is InChI=1S/C22H33FN2O4S/c1-22(2,3)12-21(26)25-10-8-17(9-11-25)16-30(27,28)20-6-4-19(5-7-20)29-15-18(13-23)14-24/h4-7,13,17H,8-12,14-16,24H2,1-3H3. The predicted molar refractivity (Wildman–Crippen MR) is 116 cm³/mol. The molecule has 1 aliphatic rings. The molecule has 1 saturated heterocycles. The fraction of sp³-hybridized carbons (Fsp3) is 0.591. The van der Waals surface area contributed by atoms with Crippen molar-refractivity contribution in [2.45, 2.75) is 44.9 Å². The Kier molecular flexibility index (Phi) is 8.43. The first kappa shape index (κ1) is 24.3. The molecule has 2 rings (SSSR count). The summed E-state index contributed by atoms with van der Waals surface area (Å²) in [7, 11) is -3.43. The van der Waals surface area contributed by atoms with Crippen LogP contribution in [0, 0.1) is 11.3 Å². The third-order valence-corrected chi connectivity index (χ3v) is 7.03. The molecule has 1 aromatic carbocycles. The molecule has 168 valence electrons. The smallest absolute Gasteiger partial charge is 0.223 e. The molecule has 0 saturated carbocycles. The summed E-state index contributed by atoms with van der Waals surface area (Å²) in [6.07, 6.45) is 2.29. The van der Waals surface area contributed by atoms with E-state index < -0.39 is 9.84 Å². The van der Waals surface area contributed by atoms with E-state index in [9.17, 15) is 17.6 Å². The lowest BCUT2D eigenvalue weighted by molar-refractivity contribution is -0.134. The second-order valence-electron chi connectivity index (χ2n) is 9.07. The molecule has 1 heterocycles. The van der Waals surface area contributed by atoms with Gasteiger partial charge in [-0.2, -0.15) is 0 Å². The topological polar surface area (TPSA) is 89.7 Å². The van der Waals surface area contributed by atoms with Crippen molar-refractivity contribution < 1.29 is 22.3 Å². The van der Waals surface area contributed by atoms with Gasteiger partial charge in [0.05, 0.1) is 17.0 Å². The maximum Gasteiger partial charge on any atom is 0.223 e. The molecule has 0 unspecified atom stereocenters. The fourth-order valence-electron chi connectivity index (χ4n) is 3.38. The average Bonchev–Trinajstić information content (AvgIpc) is 2.68. The van der Waals surface area contributed by atoms with Crippen LogP contribution in [0.25, 0.3) is 0 Å². The Morgan fingerprint density at radius 3 is 2.33 bits per heavy atom. The van der Waals surface area contributed by atoms with Gasteiger partial charge in [-0.3, -0.25) is 4.79 Å². The van der Waals surface area contributed by atoms with Gasteiger partial charge in [0.15, 0.2) is 9.84 Å². The maximum absolute atomic E-state index is 12.8. The number of sulfone groups is 1. The fourth-order valence-corrected chi connectivity index (χ4v) is 5.07. The molecule has 30 heavy (non-hydrogen) atoms. The van der Waals surface area contributed by atoms with Gasteiger partial charge in [0.25, 0.3) is 0 Å². The SMILES string of the molecule is CC(C)(C)CC(=O)N1CCC(CS(=O)(=O)c2ccc(OCC(=CF)CN)cc2)CC1. The number of halogens is 1. The summed E-state index contributed by atoms with van der Waals surface area (Å²) >= 11 is 0. The van der Waals surface area contributed by atoms with Crippen molar-refractivity contribution in [3.8, 4) is 5.75 Å². The van der Waals surface area contributed by atoms with Crippen LogP contribution in [0.15, 0.2) is 41.1 Å². The molecule has 0 bridgehead atoms. The normalized spacial score (nSPS) is 16.6. The number of carbonyl (C=O) groups excluding carboxylic acids is 1. The van der Waals surface area contributed by atoms with E-state index >= 15 is 0 Å². The number of nitrogens with two attached hydrogens (primary N) is 1. The van der Waals surface area contributed by atoms with Gasteiger partial charge in [0.2, 0.25) is 5.91 Å². The molecular weight excluding hydrogens is 407 g/mol. The Hall–Kier alpha value is -1.93. The van der Waals surface area contributed by atoms with Crippen LogP contribution in [0.2, 0.25) is 0 Å². The number of nitrogens with zero attached hydrogens (tertiary/aromatic N) is 1. The average molecular weight is 441 g/mol. The van der Waals surface area contributed by atoms with E-state index in [-0.39, 0.29) is 41.0 Å².